The minimum absolute atomic E-state index is 0. The molecule has 0 saturated carbocycles. The van der Waals surface area contributed by atoms with E-state index in [0.717, 1.165) is 11.1 Å². The maximum Gasteiger partial charge on any atom is 0.245 e. The summed E-state index contributed by atoms with van der Waals surface area (Å²) < 4.78 is 5.68. The highest BCUT2D eigenvalue weighted by Gasteiger charge is 2.09. The number of aromatic amines is 1. The van der Waals surface area contributed by atoms with Gasteiger partial charge in [0.25, 0.3) is 0 Å². The monoisotopic (exact) mass is 306 g/mol. The topological polar surface area (TPSA) is 116 Å². The fourth-order valence-corrected chi connectivity index (χ4v) is 1.85. The number of hydrogen-bond acceptors (Lipinski definition) is 6. The summed E-state index contributed by atoms with van der Waals surface area (Å²) in [6, 6.07) is 7.88. The van der Waals surface area contributed by atoms with Gasteiger partial charge >= 0.3 is 0 Å². The van der Waals surface area contributed by atoms with E-state index in [0.29, 0.717) is 30.2 Å². The first-order chi connectivity index (χ1) is 9.76. The highest BCUT2D eigenvalue weighted by molar-refractivity contribution is 5.85. The molecule has 0 saturated heterocycles. The van der Waals surface area contributed by atoms with Crippen molar-refractivity contribution in [3.63, 3.8) is 0 Å². The molecule has 21 heavy (non-hydrogen) atoms. The fourth-order valence-electron chi connectivity index (χ4n) is 1.85. The molecule has 0 fully saturated rings. The number of H-pyrrole nitrogens is 1. The predicted octanol–water partition coefficient (Wildman–Crippen LogP) is 1.39. The van der Waals surface area contributed by atoms with Crippen LogP contribution in [0.15, 0.2) is 30.6 Å². The predicted molar refractivity (Wildman–Crippen MR) is 82.0 cm³/mol. The average Bonchev–Trinajstić information content (AvgIpc) is 2.93. The van der Waals surface area contributed by atoms with Crippen molar-refractivity contribution in [1.29, 1.82) is 0 Å². The second kappa shape index (κ2) is 6.38. The third-order valence-electron chi connectivity index (χ3n) is 2.90. The van der Waals surface area contributed by atoms with Crippen LogP contribution in [0.1, 0.15) is 11.1 Å². The Morgan fingerprint density at radius 2 is 1.81 bits per heavy atom. The van der Waals surface area contributed by atoms with E-state index in [1.807, 2.05) is 24.3 Å². The van der Waals surface area contributed by atoms with Crippen molar-refractivity contribution in [3.8, 4) is 5.88 Å². The number of nitrogen functional groups attached to an aromatic ring is 1. The number of imidazole rings is 1. The summed E-state index contributed by atoms with van der Waals surface area (Å²) in [5.41, 5.74) is 14.4. The summed E-state index contributed by atoms with van der Waals surface area (Å²) in [5.74, 6) is 0.533. The number of nitrogens with zero attached hydrogens (tertiary/aromatic N) is 3. The zero-order valence-electron chi connectivity index (χ0n) is 11.1. The van der Waals surface area contributed by atoms with Gasteiger partial charge in [-0.25, -0.2) is 4.98 Å². The summed E-state index contributed by atoms with van der Waals surface area (Å²) >= 11 is 0. The molecule has 0 atom stereocenters. The molecule has 0 unspecified atom stereocenters. The second-order valence-corrected chi connectivity index (χ2v) is 4.30. The van der Waals surface area contributed by atoms with E-state index in [1.54, 1.807) is 0 Å². The van der Waals surface area contributed by atoms with Crippen LogP contribution in [0.5, 0.6) is 5.88 Å². The van der Waals surface area contributed by atoms with Crippen molar-refractivity contribution in [2.24, 2.45) is 5.73 Å². The molecule has 0 spiro atoms. The van der Waals surface area contributed by atoms with E-state index < -0.39 is 0 Å². The Balaban J connectivity index is 0.00000161. The molecule has 8 heteroatoms. The average molecular weight is 307 g/mol. The molecule has 0 aliphatic carbocycles. The molecular weight excluding hydrogens is 292 g/mol. The molecule has 7 nitrogen and oxygen atoms in total. The highest BCUT2D eigenvalue weighted by Crippen LogP contribution is 2.20. The Hall–Kier alpha value is -2.38. The smallest absolute Gasteiger partial charge is 0.245 e. The highest BCUT2D eigenvalue weighted by atomic mass is 35.5. The summed E-state index contributed by atoms with van der Waals surface area (Å²) in [6.07, 6.45) is 1.53. The molecular formula is C13H15ClN6O. The minimum Gasteiger partial charge on any atom is -0.471 e. The summed E-state index contributed by atoms with van der Waals surface area (Å²) in [5, 5.41) is 0. The normalized spacial score (nSPS) is 10.3. The van der Waals surface area contributed by atoms with Gasteiger partial charge in [-0.3, -0.25) is 0 Å². The van der Waals surface area contributed by atoms with E-state index in [4.69, 9.17) is 16.2 Å². The van der Waals surface area contributed by atoms with E-state index in [9.17, 15) is 0 Å². The van der Waals surface area contributed by atoms with Gasteiger partial charge in [-0.15, -0.1) is 12.4 Å². The number of anilines is 1. The molecule has 0 aliphatic rings. The molecule has 0 aliphatic heterocycles. The van der Waals surface area contributed by atoms with Gasteiger partial charge in [0, 0.05) is 6.54 Å². The Morgan fingerprint density at radius 3 is 2.52 bits per heavy atom. The van der Waals surface area contributed by atoms with Crippen molar-refractivity contribution in [3.05, 3.63) is 41.7 Å². The van der Waals surface area contributed by atoms with Gasteiger partial charge in [-0.05, 0) is 11.1 Å². The van der Waals surface area contributed by atoms with E-state index in [1.165, 1.54) is 6.33 Å². The fraction of sp³-hybridized carbons (Fsp3) is 0.154. The largest absolute Gasteiger partial charge is 0.471 e. The third kappa shape index (κ3) is 3.21. The van der Waals surface area contributed by atoms with Gasteiger partial charge < -0.3 is 21.2 Å². The summed E-state index contributed by atoms with van der Waals surface area (Å²) in [4.78, 5) is 15.1. The molecule has 3 rings (SSSR count). The second-order valence-electron chi connectivity index (χ2n) is 4.30. The van der Waals surface area contributed by atoms with Crippen molar-refractivity contribution in [1.82, 2.24) is 19.9 Å². The van der Waals surface area contributed by atoms with E-state index >= 15 is 0 Å². The zero-order valence-corrected chi connectivity index (χ0v) is 11.9. The lowest BCUT2D eigenvalue weighted by molar-refractivity contribution is 0.297. The Kier molecular flexibility index (Phi) is 4.56. The lowest BCUT2D eigenvalue weighted by Gasteiger charge is -2.07. The number of aromatic nitrogens is 4. The quantitative estimate of drug-likeness (QED) is 0.671. The Morgan fingerprint density at radius 1 is 1.10 bits per heavy atom. The third-order valence-corrected chi connectivity index (χ3v) is 2.90. The van der Waals surface area contributed by atoms with Gasteiger partial charge in [0.1, 0.15) is 12.1 Å². The first kappa shape index (κ1) is 15.0. The van der Waals surface area contributed by atoms with Gasteiger partial charge in [0.05, 0.1) is 6.33 Å². The molecule has 110 valence electrons. The standard InChI is InChI=1S/C13H14N6O.ClH/c14-5-8-1-3-9(4-2-8)6-20-12-10-11(17-7-16-10)18-13(15)19-12;/h1-4,7H,5-6,14H2,(H3,15,16,17,18,19);1H. The zero-order chi connectivity index (χ0) is 13.9. The number of hydrogen-bond donors (Lipinski definition) is 3. The number of benzene rings is 1. The molecule has 3 aromatic rings. The van der Waals surface area contributed by atoms with Crippen molar-refractivity contribution >= 4 is 29.5 Å². The van der Waals surface area contributed by atoms with E-state index in [2.05, 4.69) is 19.9 Å². The van der Waals surface area contributed by atoms with Crippen LogP contribution in [0.25, 0.3) is 11.2 Å². The van der Waals surface area contributed by atoms with Crippen LogP contribution < -0.4 is 16.2 Å². The number of nitrogens with two attached hydrogens (primary N) is 2. The number of nitrogens with one attached hydrogen (secondary N) is 1. The van der Waals surface area contributed by atoms with Crippen LogP contribution in [0, 0.1) is 0 Å². The molecule has 0 bridgehead atoms. The molecule has 5 N–H and O–H groups in total. The summed E-state index contributed by atoms with van der Waals surface area (Å²) in [7, 11) is 0. The minimum atomic E-state index is 0. The molecule has 2 aromatic heterocycles. The maximum atomic E-state index is 5.68. The Bertz CT molecular complexity index is 727. The first-order valence-corrected chi connectivity index (χ1v) is 6.13. The van der Waals surface area contributed by atoms with Crippen LogP contribution >= 0.6 is 12.4 Å². The molecule has 0 amide bonds. The summed E-state index contributed by atoms with van der Waals surface area (Å²) in [6.45, 7) is 0.910. The maximum absolute atomic E-state index is 5.68. The van der Waals surface area contributed by atoms with Crippen LogP contribution in [-0.2, 0) is 13.2 Å². The van der Waals surface area contributed by atoms with Crippen molar-refractivity contribution < 1.29 is 4.74 Å². The van der Waals surface area contributed by atoms with Crippen LogP contribution in [0.4, 0.5) is 5.95 Å². The van der Waals surface area contributed by atoms with Crippen molar-refractivity contribution in [2.75, 3.05) is 5.73 Å². The van der Waals surface area contributed by atoms with Gasteiger partial charge in [0.15, 0.2) is 5.65 Å². The van der Waals surface area contributed by atoms with Crippen LogP contribution in [-0.4, -0.2) is 19.9 Å². The number of halogens is 1. The van der Waals surface area contributed by atoms with Crippen LogP contribution in [0.2, 0.25) is 0 Å². The molecule has 1 aromatic carbocycles. The lowest BCUT2D eigenvalue weighted by Crippen LogP contribution is -2.03. The SMILES string of the molecule is Cl.NCc1ccc(COc2nc(N)nc3nc[nH]c23)cc1. The first-order valence-electron chi connectivity index (χ1n) is 6.13. The molecule has 2 heterocycles. The van der Waals surface area contributed by atoms with Gasteiger partial charge in [0.2, 0.25) is 11.8 Å². The van der Waals surface area contributed by atoms with Gasteiger partial charge in [-0.2, -0.15) is 9.97 Å². The molecule has 0 radical (unpaired) electrons. The van der Waals surface area contributed by atoms with Crippen LogP contribution in [0.3, 0.4) is 0 Å². The number of rotatable bonds is 4. The van der Waals surface area contributed by atoms with Crippen molar-refractivity contribution in [2.45, 2.75) is 13.2 Å². The van der Waals surface area contributed by atoms with Gasteiger partial charge in [-0.1, -0.05) is 24.3 Å². The van der Waals surface area contributed by atoms with E-state index in [-0.39, 0.29) is 18.4 Å². The number of fused-ring (bicyclic) bond motifs is 1. The number of ether oxygens (including phenoxy) is 1. The lowest BCUT2D eigenvalue weighted by atomic mass is 10.1. The Labute approximate surface area is 127 Å².